The zero-order valence-electron chi connectivity index (χ0n) is 17.1. The van der Waals surface area contributed by atoms with E-state index >= 15 is 0 Å². The summed E-state index contributed by atoms with van der Waals surface area (Å²) in [7, 11) is 0. The minimum Gasteiger partial charge on any atom is -0.298 e. The van der Waals surface area contributed by atoms with Crippen molar-refractivity contribution in [2.45, 2.75) is 12.8 Å². The van der Waals surface area contributed by atoms with Crippen LogP contribution < -0.4 is 5.32 Å². The summed E-state index contributed by atoms with van der Waals surface area (Å²) in [6, 6.07) is 24.5. The molecule has 5 aromatic rings. The number of hydrogen-bond acceptors (Lipinski definition) is 4. The molecular weight excluding hydrogens is 416 g/mol. The molecule has 1 N–H and O–H groups in total. The van der Waals surface area contributed by atoms with Gasteiger partial charge < -0.3 is 0 Å². The highest BCUT2D eigenvalue weighted by atomic mass is 32.1. The number of rotatable bonds is 4. The lowest BCUT2D eigenvalue weighted by molar-refractivity contribution is 0.102. The average Bonchev–Trinajstić information content (AvgIpc) is 3.44. The van der Waals surface area contributed by atoms with Crippen LogP contribution in [0.1, 0.15) is 37.4 Å². The Morgan fingerprint density at radius 2 is 1.50 bits per heavy atom. The summed E-state index contributed by atoms with van der Waals surface area (Å²) < 4.78 is 1.09. The Kier molecular flexibility index (Phi) is 4.37. The van der Waals surface area contributed by atoms with Crippen LogP contribution in [-0.4, -0.2) is 16.7 Å². The van der Waals surface area contributed by atoms with Gasteiger partial charge in [0.1, 0.15) is 0 Å². The fourth-order valence-corrected chi connectivity index (χ4v) is 5.40. The number of hydrogen-bond donors (Lipinski definition) is 1. The zero-order chi connectivity index (χ0) is 21.7. The lowest BCUT2D eigenvalue weighted by Gasteiger charge is -2.04. The van der Waals surface area contributed by atoms with Gasteiger partial charge >= 0.3 is 0 Å². The van der Waals surface area contributed by atoms with Crippen LogP contribution in [0, 0.1) is 0 Å². The summed E-state index contributed by atoms with van der Waals surface area (Å²) in [5.74, 6) is -0.299. The SMILES string of the molecule is O=C(Nc1nc2c(cc3c4c(cccc42)CC3)s1)c1ccc(C(=O)c2ccccc2)cc1. The maximum absolute atomic E-state index is 12.8. The number of carbonyl (C=O) groups excluding carboxylic acids is 2. The Labute approximate surface area is 188 Å². The highest BCUT2D eigenvalue weighted by molar-refractivity contribution is 7.22. The van der Waals surface area contributed by atoms with Crippen molar-refractivity contribution in [1.29, 1.82) is 0 Å². The molecule has 0 saturated heterocycles. The summed E-state index contributed by atoms with van der Waals surface area (Å²) in [5.41, 5.74) is 5.35. The fourth-order valence-electron chi connectivity index (χ4n) is 4.46. The van der Waals surface area contributed by atoms with Gasteiger partial charge in [0.05, 0.1) is 10.2 Å². The molecule has 1 aliphatic rings. The van der Waals surface area contributed by atoms with Crippen molar-refractivity contribution in [1.82, 2.24) is 4.98 Å². The first-order valence-electron chi connectivity index (χ1n) is 10.5. The summed E-state index contributed by atoms with van der Waals surface area (Å²) in [6.07, 6.45) is 2.13. The fraction of sp³-hybridized carbons (Fsp3) is 0.0741. The van der Waals surface area contributed by atoms with Crippen molar-refractivity contribution in [3.8, 4) is 0 Å². The van der Waals surface area contributed by atoms with E-state index in [0.29, 0.717) is 21.8 Å². The summed E-state index contributed by atoms with van der Waals surface area (Å²) in [6.45, 7) is 0. The predicted molar refractivity (Wildman–Crippen MR) is 129 cm³/mol. The molecule has 0 spiro atoms. The zero-order valence-corrected chi connectivity index (χ0v) is 17.9. The average molecular weight is 435 g/mol. The van der Waals surface area contributed by atoms with Gasteiger partial charge in [-0.05, 0) is 47.6 Å². The van der Waals surface area contributed by atoms with Crippen LogP contribution in [-0.2, 0) is 12.8 Å². The number of carbonyl (C=O) groups is 2. The number of benzene rings is 4. The quantitative estimate of drug-likeness (QED) is 0.351. The van der Waals surface area contributed by atoms with Gasteiger partial charge in [0.2, 0.25) is 0 Å². The maximum Gasteiger partial charge on any atom is 0.257 e. The number of aryl methyl sites for hydroxylation is 2. The topological polar surface area (TPSA) is 59.1 Å². The van der Waals surface area contributed by atoms with Crippen LogP contribution in [0.2, 0.25) is 0 Å². The Morgan fingerprint density at radius 3 is 2.31 bits per heavy atom. The van der Waals surface area contributed by atoms with Gasteiger partial charge in [-0.25, -0.2) is 4.98 Å². The minimum absolute atomic E-state index is 0.0628. The third-order valence-corrected chi connectivity index (χ3v) is 6.93. The molecule has 5 heteroatoms. The number of ketones is 1. The van der Waals surface area contributed by atoms with Crippen molar-refractivity contribution >= 4 is 49.1 Å². The molecule has 154 valence electrons. The van der Waals surface area contributed by atoms with E-state index < -0.39 is 0 Å². The molecular formula is C27H18N2O2S. The first kappa shape index (κ1) is 18.9. The van der Waals surface area contributed by atoms with Crippen molar-refractivity contribution < 1.29 is 9.59 Å². The molecule has 0 fully saturated rings. The van der Waals surface area contributed by atoms with E-state index in [-0.39, 0.29) is 11.7 Å². The highest BCUT2D eigenvalue weighted by Crippen LogP contribution is 2.39. The maximum atomic E-state index is 12.8. The van der Waals surface area contributed by atoms with E-state index in [9.17, 15) is 9.59 Å². The number of thiazole rings is 1. The Balaban J connectivity index is 1.27. The number of amides is 1. The summed E-state index contributed by atoms with van der Waals surface area (Å²) in [5, 5.41) is 5.99. The third kappa shape index (κ3) is 3.10. The van der Waals surface area contributed by atoms with Crippen LogP contribution in [0.4, 0.5) is 5.13 Å². The lowest BCUT2D eigenvalue weighted by Crippen LogP contribution is -2.12. The molecule has 4 nitrogen and oxygen atoms in total. The number of nitrogens with one attached hydrogen (secondary N) is 1. The normalized spacial score (nSPS) is 12.4. The van der Waals surface area contributed by atoms with Gasteiger partial charge in [0.15, 0.2) is 10.9 Å². The van der Waals surface area contributed by atoms with E-state index in [1.807, 2.05) is 18.2 Å². The third-order valence-electron chi connectivity index (χ3n) is 6.02. The van der Waals surface area contributed by atoms with E-state index in [1.165, 1.54) is 27.8 Å². The van der Waals surface area contributed by atoms with Gasteiger partial charge in [0, 0.05) is 22.1 Å². The summed E-state index contributed by atoms with van der Waals surface area (Å²) >= 11 is 1.50. The lowest BCUT2D eigenvalue weighted by atomic mass is 10.0. The minimum atomic E-state index is -0.236. The van der Waals surface area contributed by atoms with E-state index in [0.717, 1.165) is 28.4 Å². The van der Waals surface area contributed by atoms with Crippen molar-refractivity contribution in [3.05, 3.63) is 107 Å². The van der Waals surface area contributed by atoms with E-state index in [1.54, 1.807) is 36.4 Å². The molecule has 0 bridgehead atoms. The molecule has 0 radical (unpaired) electrons. The molecule has 32 heavy (non-hydrogen) atoms. The second-order valence-corrected chi connectivity index (χ2v) is 9.00. The number of anilines is 1. The van der Waals surface area contributed by atoms with E-state index in [2.05, 4.69) is 29.6 Å². The Hall–Kier alpha value is -3.83. The molecule has 6 rings (SSSR count). The van der Waals surface area contributed by atoms with Gasteiger partial charge in [-0.2, -0.15) is 0 Å². The predicted octanol–water partition coefficient (Wildman–Crippen LogP) is 6.03. The highest BCUT2D eigenvalue weighted by Gasteiger charge is 2.19. The second-order valence-electron chi connectivity index (χ2n) is 7.97. The molecule has 1 aliphatic carbocycles. The Morgan fingerprint density at radius 1 is 0.781 bits per heavy atom. The first-order valence-corrected chi connectivity index (χ1v) is 11.3. The van der Waals surface area contributed by atoms with Crippen LogP contribution in [0.5, 0.6) is 0 Å². The molecule has 0 aliphatic heterocycles. The van der Waals surface area contributed by atoms with Crippen molar-refractivity contribution in [2.75, 3.05) is 5.32 Å². The van der Waals surface area contributed by atoms with Crippen LogP contribution in [0.3, 0.4) is 0 Å². The number of aromatic nitrogens is 1. The van der Waals surface area contributed by atoms with Crippen LogP contribution in [0.25, 0.3) is 21.0 Å². The first-order chi connectivity index (χ1) is 15.7. The van der Waals surface area contributed by atoms with Crippen molar-refractivity contribution in [2.24, 2.45) is 0 Å². The molecule has 0 saturated carbocycles. The van der Waals surface area contributed by atoms with Gasteiger partial charge in [-0.15, -0.1) is 0 Å². The second kappa shape index (κ2) is 7.39. The van der Waals surface area contributed by atoms with Crippen LogP contribution >= 0.6 is 11.3 Å². The Bertz CT molecular complexity index is 1520. The number of fused-ring (bicyclic) bond motifs is 2. The largest absolute Gasteiger partial charge is 0.298 e. The molecule has 1 heterocycles. The monoisotopic (exact) mass is 434 g/mol. The van der Waals surface area contributed by atoms with Gasteiger partial charge in [0.25, 0.3) is 5.91 Å². The molecule has 1 aromatic heterocycles. The number of nitrogens with zero attached hydrogens (tertiary/aromatic N) is 1. The molecule has 0 unspecified atom stereocenters. The molecule has 0 atom stereocenters. The van der Waals surface area contributed by atoms with Gasteiger partial charge in [-0.1, -0.05) is 72.0 Å². The standard InChI is InChI=1S/C27H18N2O2S/c30-25(17-5-2-1-3-6-17)18-10-12-19(13-11-18)26(31)29-27-28-24-21-8-4-7-16-9-14-20(23(16)21)15-22(24)32-27/h1-8,10-13,15H,9,14H2,(H,28,29,31). The van der Waals surface area contributed by atoms with Crippen molar-refractivity contribution in [3.63, 3.8) is 0 Å². The molecule has 1 amide bonds. The van der Waals surface area contributed by atoms with E-state index in [4.69, 9.17) is 4.98 Å². The molecule has 4 aromatic carbocycles. The summed E-state index contributed by atoms with van der Waals surface area (Å²) in [4.78, 5) is 30.1. The smallest absolute Gasteiger partial charge is 0.257 e. The van der Waals surface area contributed by atoms with Gasteiger partial charge in [-0.3, -0.25) is 14.9 Å². The van der Waals surface area contributed by atoms with Crippen LogP contribution in [0.15, 0.2) is 78.9 Å².